The second kappa shape index (κ2) is 6.06. The predicted octanol–water partition coefficient (Wildman–Crippen LogP) is 3.05. The van der Waals surface area contributed by atoms with E-state index < -0.39 is 0 Å². The highest BCUT2D eigenvalue weighted by atomic mass is 35.5. The van der Waals surface area contributed by atoms with Gasteiger partial charge in [-0.2, -0.15) is 0 Å². The van der Waals surface area contributed by atoms with E-state index in [1.54, 1.807) is 0 Å². The maximum absolute atomic E-state index is 5.93. The smallest absolute Gasteiger partial charge is 0.169 e. The molecule has 0 radical (unpaired) electrons. The molecule has 1 aromatic rings. The summed E-state index contributed by atoms with van der Waals surface area (Å²) in [7, 11) is 1.97. The predicted molar refractivity (Wildman–Crippen MR) is 73.8 cm³/mol. The molecule has 1 N–H and O–H groups in total. The molecule has 2 nitrogen and oxygen atoms in total. The monoisotopic (exact) mass is 256 g/mol. The van der Waals surface area contributed by atoms with Crippen LogP contribution in [0.25, 0.3) is 0 Å². The van der Waals surface area contributed by atoms with E-state index in [4.69, 9.17) is 23.8 Å². The average Bonchev–Trinajstić information content (AvgIpc) is 2.16. The van der Waals surface area contributed by atoms with Crippen molar-refractivity contribution in [3.8, 4) is 0 Å². The number of rotatable bonds is 3. The van der Waals surface area contributed by atoms with Gasteiger partial charge >= 0.3 is 0 Å². The van der Waals surface area contributed by atoms with Crippen LogP contribution in [0.5, 0.6) is 0 Å². The first-order valence-electron chi connectivity index (χ1n) is 5.25. The SMILES string of the molecule is CC(C)NC(=S)N(C)Cc1cccc(Cl)c1. The third-order valence-electron chi connectivity index (χ3n) is 2.07. The van der Waals surface area contributed by atoms with Gasteiger partial charge in [0, 0.05) is 24.7 Å². The highest BCUT2D eigenvalue weighted by Gasteiger charge is 2.06. The van der Waals surface area contributed by atoms with E-state index in [0.717, 1.165) is 22.2 Å². The van der Waals surface area contributed by atoms with Crippen LogP contribution in [-0.2, 0) is 6.54 Å². The third-order valence-corrected chi connectivity index (χ3v) is 2.73. The van der Waals surface area contributed by atoms with Crippen molar-refractivity contribution in [2.75, 3.05) is 7.05 Å². The minimum Gasteiger partial charge on any atom is -0.360 e. The van der Waals surface area contributed by atoms with E-state index in [1.807, 2.05) is 36.2 Å². The van der Waals surface area contributed by atoms with Crippen molar-refractivity contribution < 1.29 is 0 Å². The summed E-state index contributed by atoms with van der Waals surface area (Å²) in [4.78, 5) is 2.00. The summed E-state index contributed by atoms with van der Waals surface area (Å²) in [5, 5.41) is 4.72. The Morgan fingerprint density at radius 3 is 2.75 bits per heavy atom. The Kier molecular flexibility index (Phi) is 5.03. The Morgan fingerprint density at radius 2 is 2.19 bits per heavy atom. The Labute approximate surface area is 108 Å². The molecule has 1 aromatic carbocycles. The lowest BCUT2D eigenvalue weighted by Gasteiger charge is -2.22. The van der Waals surface area contributed by atoms with Gasteiger partial charge in [-0.3, -0.25) is 0 Å². The van der Waals surface area contributed by atoms with E-state index in [1.165, 1.54) is 0 Å². The molecule has 88 valence electrons. The molecule has 0 saturated carbocycles. The summed E-state index contributed by atoms with van der Waals surface area (Å²) in [5.41, 5.74) is 1.16. The molecule has 0 heterocycles. The van der Waals surface area contributed by atoms with Crippen molar-refractivity contribution in [3.05, 3.63) is 34.9 Å². The second-order valence-electron chi connectivity index (χ2n) is 4.09. The average molecular weight is 257 g/mol. The molecule has 0 spiro atoms. The van der Waals surface area contributed by atoms with E-state index in [9.17, 15) is 0 Å². The lowest BCUT2D eigenvalue weighted by Crippen LogP contribution is -2.40. The van der Waals surface area contributed by atoms with Crippen molar-refractivity contribution in [3.63, 3.8) is 0 Å². The molecule has 0 unspecified atom stereocenters. The van der Waals surface area contributed by atoms with E-state index in [2.05, 4.69) is 19.2 Å². The van der Waals surface area contributed by atoms with Gasteiger partial charge in [-0.1, -0.05) is 23.7 Å². The van der Waals surface area contributed by atoms with Crippen LogP contribution in [0.4, 0.5) is 0 Å². The zero-order valence-electron chi connectivity index (χ0n) is 9.83. The number of nitrogens with one attached hydrogen (secondary N) is 1. The number of hydrogen-bond donors (Lipinski definition) is 1. The maximum Gasteiger partial charge on any atom is 0.169 e. The summed E-state index contributed by atoms with van der Waals surface area (Å²) < 4.78 is 0. The van der Waals surface area contributed by atoms with Crippen LogP contribution in [-0.4, -0.2) is 23.1 Å². The molecule has 0 atom stereocenters. The number of nitrogens with zero attached hydrogens (tertiary/aromatic N) is 1. The Bertz CT molecular complexity index is 366. The van der Waals surface area contributed by atoms with Gasteiger partial charge in [-0.15, -0.1) is 0 Å². The van der Waals surface area contributed by atoms with Crippen LogP contribution in [0.3, 0.4) is 0 Å². The molecule has 4 heteroatoms. The van der Waals surface area contributed by atoms with Crippen molar-refractivity contribution in [2.24, 2.45) is 0 Å². The quantitative estimate of drug-likeness (QED) is 0.837. The van der Waals surface area contributed by atoms with Gasteiger partial charge in [0.1, 0.15) is 0 Å². The summed E-state index contributed by atoms with van der Waals surface area (Å²) >= 11 is 11.2. The molecule has 0 aliphatic carbocycles. The minimum atomic E-state index is 0.356. The summed E-state index contributed by atoms with van der Waals surface area (Å²) in [6, 6.07) is 8.17. The summed E-state index contributed by atoms with van der Waals surface area (Å²) in [6.45, 7) is 4.90. The molecule has 0 aliphatic rings. The fraction of sp³-hybridized carbons (Fsp3) is 0.417. The molecule has 0 fully saturated rings. The zero-order valence-corrected chi connectivity index (χ0v) is 11.4. The molecule has 0 saturated heterocycles. The normalized spacial score (nSPS) is 10.3. The number of thiocarbonyl (C=S) groups is 1. The second-order valence-corrected chi connectivity index (χ2v) is 4.91. The fourth-order valence-electron chi connectivity index (χ4n) is 1.34. The standard InChI is InChI=1S/C12H17ClN2S/c1-9(2)14-12(16)15(3)8-10-5-4-6-11(13)7-10/h4-7,9H,8H2,1-3H3,(H,14,16). The molecule has 0 aliphatic heterocycles. The van der Waals surface area contributed by atoms with Gasteiger partial charge in [0.25, 0.3) is 0 Å². The Balaban J connectivity index is 2.57. The first-order chi connectivity index (χ1) is 7.49. The van der Waals surface area contributed by atoms with E-state index in [0.29, 0.717) is 6.04 Å². The minimum absolute atomic E-state index is 0.356. The van der Waals surface area contributed by atoms with E-state index in [-0.39, 0.29) is 0 Å². The molecule has 0 bridgehead atoms. The van der Waals surface area contributed by atoms with Crippen molar-refractivity contribution >= 4 is 28.9 Å². The number of halogens is 1. The van der Waals surface area contributed by atoms with Crippen LogP contribution in [0.1, 0.15) is 19.4 Å². The molecule has 0 amide bonds. The molecular formula is C12H17ClN2S. The van der Waals surface area contributed by atoms with Crippen molar-refractivity contribution in [1.29, 1.82) is 0 Å². The molecule has 0 aromatic heterocycles. The van der Waals surface area contributed by atoms with Crippen LogP contribution in [0.15, 0.2) is 24.3 Å². The maximum atomic E-state index is 5.93. The highest BCUT2D eigenvalue weighted by molar-refractivity contribution is 7.80. The number of hydrogen-bond acceptors (Lipinski definition) is 1. The van der Waals surface area contributed by atoms with Gasteiger partial charge in [0.2, 0.25) is 0 Å². The zero-order chi connectivity index (χ0) is 12.1. The van der Waals surface area contributed by atoms with Crippen LogP contribution in [0.2, 0.25) is 5.02 Å². The van der Waals surface area contributed by atoms with Crippen LogP contribution < -0.4 is 5.32 Å². The van der Waals surface area contributed by atoms with Crippen LogP contribution >= 0.6 is 23.8 Å². The summed E-state index contributed by atoms with van der Waals surface area (Å²) in [5.74, 6) is 0. The summed E-state index contributed by atoms with van der Waals surface area (Å²) in [6.07, 6.45) is 0. The van der Waals surface area contributed by atoms with Crippen molar-refractivity contribution in [1.82, 2.24) is 10.2 Å². The van der Waals surface area contributed by atoms with Crippen LogP contribution in [0, 0.1) is 0 Å². The molecule has 16 heavy (non-hydrogen) atoms. The molecule has 1 rings (SSSR count). The van der Waals surface area contributed by atoms with E-state index >= 15 is 0 Å². The van der Waals surface area contributed by atoms with Gasteiger partial charge in [-0.05, 0) is 43.8 Å². The lowest BCUT2D eigenvalue weighted by atomic mass is 10.2. The van der Waals surface area contributed by atoms with Gasteiger partial charge in [0.05, 0.1) is 0 Å². The third kappa shape index (κ3) is 4.37. The Hall–Kier alpha value is -0.800. The highest BCUT2D eigenvalue weighted by Crippen LogP contribution is 2.12. The molecular weight excluding hydrogens is 240 g/mol. The fourth-order valence-corrected chi connectivity index (χ4v) is 1.85. The van der Waals surface area contributed by atoms with Gasteiger partial charge in [0.15, 0.2) is 5.11 Å². The topological polar surface area (TPSA) is 15.3 Å². The lowest BCUT2D eigenvalue weighted by molar-refractivity contribution is 0.480. The first-order valence-corrected chi connectivity index (χ1v) is 6.03. The first kappa shape index (κ1) is 13.3. The Morgan fingerprint density at radius 1 is 1.50 bits per heavy atom. The van der Waals surface area contributed by atoms with Crippen molar-refractivity contribution in [2.45, 2.75) is 26.4 Å². The van der Waals surface area contributed by atoms with Gasteiger partial charge < -0.3 is 10.2 Å². The van der Waals surface area contributed by atoms with Gasteiger partial charge in [-0.25, -0.2) is 0 Å². The number of benzene rings is 1. The largest absolute Gasteiger partial charge is 0.360 e.